The maximum Gasteiger partial charge on any atom is 0.217 e. The van der Waals surface area contributed by atoms with Crippen molar-refractivity contribution in [2.24, 2.45) is 11.7 Å². The highest BCUT2D eigenvalue weighted by Gasteiger charge is 2.23. The minimum absolute atomic E-state index is 0.209. The van der Waals surface area contributed by atoms with Gasteiger partial charge in [-0.2, -0.15) is 0 Å². The number of hydrogen-bond donors (Lipinski definition) is 1. The molecule has 0 bridgehead atoms. The van der Waals surface area contributed by atoms with Gasteiger partial charge in [0.05, 0.1) is 6.54 Å². The van der Waals surface area contributed by atoms with Gasteiger partial charge in [-0.1, -0.05) is 0 Å². The number of carbonyl (C=O) groups excluding carboxylic acids is 2. The zero-order valence-corrected chi connectivity index (χ0v) is 13.0. The van der Waals surface area contributed by atoms with Crippen molar-refractivity contribution in [1.82, 2.24) is 4.90 Å². The molecule has 1 aliphatic heterocycles. The summed E-state index contributed by atoms with van der Waals surface area (Å²) >= 11 is 1.68. The van der Waals surface area contributed by atoms with E-state index >= 15 is 0 Å². The van der Waals surface area contributed by atoms with Crippen LogP contribution in [0.1, 0.15) is 39.4 Å². The summed E-state index contributed by atoms with van der Waals surface area (Å²) in [6.07, 6.45) is 2.39. The number of hydrogen-bond acceptors (Lipinski definition) is 4. The van der Waals surface area contributed by atoms with Crippen molar-refractivity contribution in [3.63, 3.8) is 0 Å². The highest BCUT2D eigenvalue weighted by molar-refractivity contribution is 7.12. The van der Waals surface area contributed by atoms with Gasteiger partial charge in [-0.05, 0) is 51.8 Å². The van der Waals surface area contributed by atoms with Gasteiger partial charge in [0.15, 0.2) is 5.78 Å². The topological polar surface area (TPSA) is 63.4 Å². The van der Waals surface area contributed by atoms with E-state index in [0.29, 0.717) is 18.9 Å². The molecule has 0 unspecified atom stereocenters. The van der Waals surface area contributed by atoms with Gasteiger partial charge in [-0.15, -0.1) is 11.3 Å². The van der Waals surface area contributed by atoms with E-state index in [4.69, 9.17) is 5.73 Å². The van der Waals surface area contributed by atoms with E-state index < -0.39 is 0 Å². The van der Waals surface area contributed by atoms with Crippen LogP contribution in [-0.2, 0) is 4.79 Å². The first-order valence-electron chi connectivity index (χ1n) is 7.06. The van der Waals surface area contributed by atoms with Crippen molar-refractivity contribution in [1.29, 1.82) is 0 Å². The maximum absolute atomic E-state index is 12.3. The van der Waals surface area contributed by atoms with Crippen LogP contribution >= 0.6 is 11.3 Å². The van der Waals surface area contributed by atoms with E-state index in [2.05, 4.69) is 4.90 Å². The van der Waals surface area contributed by atoms with Crippen LogP contribution in [0.15, 0.2) is 6.07 Å². The molecule has 1 amide bonds. The molecule has 2 N–H and O–H groups in total. The summed E-state index contributed by atoms with van der Waals surface area (Å²) in [5, 5.41) is 0. The second kappa shape index (κ2) is 6.50. The number of nitrogens with two attached hydrogens (primary N) is 1. The largest absolute Gasteiger partial charge is 0.370 e. The quantitative estimate of drug-likeness (QED) is 0.846. The molecule has 1 aromatic rings. The van der Waals surface area contributed by atoms with Crippen LogP contribution in [0, 0.1) is 19.8 Å². The number of nitrogens with zero attached hydrogens (tertiary/aromatic N) is 1. The Labute approximate surface area is 124 Å². The lowest BCUT2D eigenvalue weighted by Gasteiger charge is -2.30. The number of thiophene rings is 1. The van der Waals surface area contributed by atoms with E-state index in [1.54, 1.807) is 11.3 Å². The first-order valence-corrected chi connectivity index (χ1v) is 7.88. The summed E-state index contributed by atoms with van der Waals surface area (Å²) in [5.41, 5.74) is 6.10. The number of Topliss-reactive ketones (excluding diaryl/α,β-unsaturated/α-hetero) is 1. The smallest absolute Gasteiger partial charge is 0.217 e. The number of likely N-dealkylation sites (tertiary alicyclic amines) is 1. The third-order valence-corrected chi connectivity index (χ3v) is 4.87. The Hall–Kier alpha value is -1.20. The predicted molar refractivity (Wildman–Crippen MR) is 81.1 cm³/mol. The van der Waals surface area contributed by atoms with Crippen LogP contribution in [0.5, 0.6) is 0 Å². The molecule has 5 heteroatoms. The van der Waals surface area contributed by atoms with E-state index in [-0.39, 0.29) is 11.7 Å². The molecule has 4 nitrogen and oxygen atoms in total. The van der Waals surface area contributed by atoms with Crippen LogP contribution < -0.4 is 5.73 Å². The molecule has 1 aliphatic rings. The van der Waals surface area contributed by atoms with Crippen LogP contribution in [-0.4, -0.2) is 36.2 Å². The minimum atomic E-state index is -0.219. The van der Waals surface area contributed by atoms with Crippen molar-refractivity contribution in [2.45, 2.75) is 33.1 Å². The van der Waals surface area contributed by atoms with Crippen LogP contribution in [0.25, 0.3) is 0 Å². The highest BCUT2D eigenvalue weighted by Crippen LogP contribution is 2.23. The van der Waals surface area contributed by atoms with Crippen LogP contribution in [0.2, 0.25) is 0 Å². The Bertz CT molecular complexity index is 502. The lowest BCUT2D eigenvalue weighted by Crippen LogP contribution is -2.38. The molecule has 0 spiro atoms. The average Bonchev–Trinajstić information content (AvgIpc) is 2.70. The minimum Gasteiger partial charge on any atom is -0.370 e. The van der Waals surface area contributed by atoms with E-state index in [9.17, 15) is 9.59 Å². The number of aryl methyl sites for hydroxylation is 2. The van der Waals surface area contributed by atoms with Crippen molar-refractivity contribution in [3.05, 3.63) is 21.4 Å². The fourth-order valence-corrected chi connectivity index (χ4v) is 3.77. The third-order valence-electron chi connectivity index (χ3n) is 3.91. The normalized spacial score (nSPS) is 17.3. The Morgan fingerprint density at radius 1 is 1.35 bits per heavy atom. The molecular formula is C15H22N2O2S. The molecule has 110 valence electrons. The van der Waals surface area contributed by atoms with Crippen molar-refractivity contribution in [3.8, 4) is 0 Å². The molecule has 0 aliphatic carbocycles. The summed E-state index contributed by atoms with van der Waals surface area (Å²) in [4.78, 5) is 27.7. The van der Waals surface area contributed by atoms with Gasteiger partial charge in [0.25, 0.3) is 0 Å². The van der Waals surface area contributed by atoms with Gasteiger partial charge in [0.2, 0.25) is 5.91 Å². The summed E-state index contributed by atoms with van der Waals surface area (Å²) in [6, 6.07) is 1.99. The molecule has 0 atom stereocenters. The fraction of sp³-hybridized carbons (Fsp3) is 0.600. The average molecular weight is 294 g/mol. The number of carbonyl (C=O) groups is 2. The standard InChI is InChI=1S/C15H22N2O2S/c1-10-7-13(11(2)20-10)14(18)9-17-5-3-12(4-6-17)8-15(16)19/h7,12H,3-6,8-9H2,1-2H3,(H2,16,19). The SMILES string of the molecule is Cc1cc(C(=O)CN2CCC(CC(N)=O)CC2)c(C)s1. The first kappa shape index (κ1) is 15.2. The third kappa shape index (κ3) is 3.90. The molecule has 0 aromatic carbocycles. The van der Waals surface area contributed by atoms with Gasteiger partial charge in [0, 0.05) is 21.7 Å². The number of piperidine rings is 1. The van der Waals surface area contributed by atoms with Gasteiger partial charge in [0.1, 0.15) is 0 Å². The van der Waals surface area contributed by atoms with Crippen molar-refractivity contribution < 1.29 is 9.59 Å². The van der Waals surface area contributed by atoms with Gasteiger partial charge >= 0.3 is 0 Å². The summed E-state index contributed by atoms with van der Waals surface area (Å²) < 4.78 is 0. The number of rotatable bonds is 5. The summed E-state index contributed by atoms with van der Waals surface area (Å²) in [6.45, 7) is 6.28. The summed E-state index contributed by atoms with van der Waals surface area (Å²) in [5.74, 6) is 0.382. The number of ketones is 1. The lowest BCUT2D eigenvalue weighted by atomic mass is 9.93. The molecule has 1 aromatic heterocycles. The van der Waals surface area contributed by atoms with E-state index in [1.165, 1.54) is 4.88 Å². The monoisotopic (exact) mass is 294 g/mol. The fourth-order valence-electron chi connectivity index (χ4n) is 2.83. The summed E-state index contributed by atoms with van der Waals surface area (Å²) in [7, 11) is 0. The molecule has 20 heavy (non-hydrogen) atoms. The van der Waals surface area contributed by atoms with Crippen molar-refractivity contribution >= 4 is 23.0 Å². The van der Waals surface area contributed by atoms with Gasteiger partial charge < -0.3 is 5.73 Å². The molecule has 0 radical (unpaired) electrons. The second-order valence-electron chi connectivity index (χ2n) is 5.64. The highest BCUT2D eigenvalue weighted by atomic mass is 32.1. The zero-order chi connectivity index (χ0) is 14.7. The first-order chi connectivity index (χ1) is 9.45. The Morgan fingerprint density at radius 3 is 2.50 bits per heavy atom. The van der Waals surface area contributed by atoms with E-state index in [0.717, 1.165) is 36.4 Å². The van der Waals surface area contributed by atoms with Gasteiger partial charge in [-0.3, -0.25) is 14.5 Å². The molecular weight excluding hydrogens is 272 g/mol. The molecule has 2 heterocycles. The van der Waals surface area contributed by atoms with Crippen LogP contribution in [0.4, 0.5) is 0 Å². The lowest BCUT2D eigenvalue weighted by molar-refractivity contribution is -0.119. The zero-order valence-electron chi connectivity index (χ0n) is 12.1. The second-order valence-corrected chi connectivity index (χ2v) is 7.10. The molecule has 0 saturated carbocycles. The molecule has 1 fully saturated rings. The van der Waals surface area contributed by atoms with E-state index in [1.807, 2.05) is 19.9 Å². The Kier molecular flexibility index (Phi) is 4.94. The van der Waals surface area contributed by atoms with Crippen LogP contribution in [0.3, 0.4) is 0 Å². The predicted octanol–water partition coefficient (Wildman–Crippen LogP) is 2.14. The molecule has 2 rings (SSSR count). The molecule has 1 saturated heterocycles. The number of amides is 1. The Morgan fingerprint density at radius 2 is 2.00 bits per heavy atom. The number of primary amides is 1. The van der Waals surface area contributed by atoms with Gasteiger partial charge in [-0.25, -0.2) is 0 Å². The van der Waals surface area contributed by atoms with Crippen molar-refractivity contribution in [2.75, 3.05) is 19.6 Å². The Balaban J connectivity index is 1.85. The maximum atomic E-state index is 12.3.